The van der Waals surface area contributed by atoms with Crippen LogP contribution in [0.5, 0.6) is 0 Å². The van der Waals surface area contributed by atoms with Crippen molar-refractivity contribution < 1.29 is 0 Å². The van der Waals surface area contributed by atoms with E-state index < -0.39 is 0 Å². The van der Waals surface area contributed by atoms with Crippen LogP contribution in [0.4, 0.5) is 0 Å². The number of para-hydroxylation sites is 2. The summed E-state index contributed by atoms with van der Waals surface area (Å²) in [6, 6.07) is 8.37. The first-order valence-corrected chi connectivity index (χ1v) is 7.52. The van der Waals surface area contributed by atoms with E-state index in [2.05, 4.69) is 57.4 Å². The standard InChI is InChI=1S/C17H27N3/c1-12(2)10-13(11-18)16-19-14-8-6-7-9-15(14)20(16)17(3,4)5/h6-9,12-13H,10-11,18H2,1-5H3. The number of aromatic nitrogens is 2. The van der Waals surface area contributed by atoms with Crippen molar-refractivity contribution >= 4 is 11.0 Å². The molecule has 0 amide bonds. The summed E-state index contributed by atoms with van der Waals surface area (Å²) in [6.07, 6.45) is 1.08. The Balaban J connectivity index is 2.62. The van der Waals surface area contributed by atoms with Gasteiger partial charge in [-0.1, -0.05) is 26.0 Å². The van der Waals surface area contributed by atoms with Crippen LogP contribution in [0, 0.1) is 5.92 Å². The van der Waals surface area contributed by atoms with E-state index in [0.29, 0.717) is 18.4 Å². The number of benzene rings is 1. The Labute approximate surface area is 122 Å². The van der Waals surface area contributed by atoms with Crippen molar-refractivity contribution in [3.05, 3.63) is 30.1 Å². The minimum absolute atomic E-state index is 0.00976. The van der Waals surface area contributed by atoms with E-state index in [-0.39, 0.29) is 5.54 Å². The third kappa shape index (κ3) is 2.88. The molecular weight excluding hydrogens is 246 g/mol. The molecular formula is C17H27N3. The summed E-state index contributed by atoms with van der Waals surface area (Å²) in [4.78, 5) is 4.89. The number of hydrogen-bond acceptors (Lipinski definition) is 2. The van der Waals surface area contributed by atoms with E-state index in [9.17, 15) is 0 Å². The zero-order valence-corrected chi connectivity index (χ0v) is 13.4. The highest BCUT2D eigenvalue weighted by atomic mass is 15.1. The third-order valence-electron chi connectivity index (χ3n) is 3.66. The van der Waals surface area contributed by atoms with E-state index in [1.165, 1.54) is 5.52 Å². The number of fused-ring (bicyclic) bond motifs is 1. The largest absolute Gasteiger partial charge is 0.330 e. The van der Waals surface area contributed by atoms with Gasteiger partial charge < -0.3 is 10.3 Å². The second-order valence-corrected chi connectivity index (χ2v) is 7.03. The molecule has 0 radical (unpaired) electrons. The molecule has 0 aliphatic carbocycles. The summed E-state index contributed by atoms with van der Waals surface area (Å²) in [6.45, 7) is 11.8. The molecule has 3 nitrogen and oxygen atoms in total. The number of nitrogens with zero attached hydrogens (tertiary/aromatic N) is 2. The normalized spacial score (nSPS) is 14.2. The van der Waals surface area contributed by atoms with Crippen molar-refractivity contribution in [3.8, 4) is 0 Å². The van der Waals surface area contributed by atoms with Gasteiger partial charge in [-0.2, -0.15) is 0 Å². The first-order valence-electron chi connectivity index (χ1n) is 7.52. The molecule has 0 spiro atoms. The molecule has 1 heterocycles. The summed E-state index contributed by atoms with van der Waals surface area (Å²) >= 11 is 0. The fourth-order valence-corrected chi connectivity index (χ4v) is 2.90. The van der Waals surface area contributed by atoms with Gasteiger partial charge in [0.1, 0.15) is 5.82 Å². The molecule has 0 saturated heterocycles. The third-order valence-corrected chi connectivity index (χ3v) is 3.66. The maximum absolute atomic E-state index is 6.03. The molecule has 2 N–H and O–H groups in total. The van der Waals surface area contributed by atoms with Crippen molar-refractivity contribution in [2.24, 2.45) is 11.7 Å². The van der Waals surface area contributed by atoms with E-state index in [1.807, 2.05) is 6.07 Å². The Morgan fingerprint density at radius 2 is 1.85 bits per heavy atom. The van der Waals surface area contributed by atoms with E-state index in [1.54, 1.807) is 0 Å². The minimum atomic E-state index is 0.00976. The van der Waals surface area contributed by atoms with Crippen LogP contribution < -0.4 is 5.73 Å². The van der Waals surface area contributed by atoms with Gasteiger partial charge >= 0.3 is 0 Å². The number of hydrogen-bond donors (Lipinski definition) is 1. The summed E-state index contributed by atoms with van der Waals surface area (Å²) in [7, 11) is 0. The lowest BCUT2D eigenvalue weighted by atomic mass is 9.95. The van der Waals surface area contributed by atoms with Gasteiger partial charge in [-0.15, -0.1) is 0 Å². The predicted octanol–water partition coefficient (Wildman–Crippen LogP) is 3.88. The average molecular weight is 273 g/mol. The van der Waals surface area contributed by atoms with Crippen LogP contribution in [-0.2, 0) is 5.54 Å². The zero-order chi connectivity index (χ0) is 14.9. The topological polar surface area (TPSA) is 43.8 Å². The Hall–Kier alpha value is -1.35. The number of nitrogens with two attached hydrogens (primary N) is 1. The van der Waals surface area contributed by atoms with Gasteiger partial charge in [-0.3, -0.25) is 0 Å². The Morgan fingerprint density at radius 3 is 2.40 bits per heavy atom. The van der Waals surface area contributed by atoms with E-state index in [4.69, 9.17) is 10.7 Å². The second-order valence-electron chi connectivity index (χ2n) is 7.03. The average Bonchev–Trinajstić information content (AvgIpc) is 2.74. The van der Waals surface area contributed by atoms with Crippen molar-refractivity contribution in [3.63, 3.8) is 0 Å². The summed E-state index contributed by atoms with van der Waals surface area (Å²) < 4.78 is 2.36. The predicted molar refractivity (Wildman–Crippen MR) is 86.0 cm³/mol. The molecule has 1 aromatic heterocycles. The van der Waals surface area contributed by atoms with Crippen LogP contribution >= 0.6 is 0 Å². The van der Waals surface area contributed by atoms with Crippen LogP contribution in [0.3, 0.4) is 0 Å². The lowest BCUT2D eigenvalue weighted by Crippen LogP contribution is -2.28. The minimum Gasteiger partial charge on any atom is -0.330 e. The Morgan fingerprint density at radius 1 is 1.20 bits per heavy atom. The molecule has 20 heavy (non-hydrogen) atoms. The Bertz CT molecular complexity index is 575. The first kappa shape index (κ1) is 15.0. The van der Waals surface area contributed by atoms with Crippen molar-refractivity contribution in [1.29, 1.82) is 0 Å². The van der Waals surface area contributed by atoms with Gasteiger partial charge in [0.2, 0.25) is 0 Å². The molecule has 2 aromatic rings. The molecule has 0 fully saturated rings. The Kier molecular flexibility index (Phi) is 4.19. The first-order chi connectivity index (χ1) is 9.34. The molecule has 3 heteroatoms. The van der Waals surface area contributed by atoms with Crippen molar-refractivity contribution in [2.75, 3.05) is 6.54 Å². The fourth-order valence-electron chi connectivity index (χ4n) is 2.90. The molecule has 0 aliphatic heterocycles. The molecule has 1 unspecified atom stereocenters. The molecule has 2 rings (SSSR count). The highest BCUT2D eigenvalue weighted by Crippen LogP contribution is 2.31. The van der Waals surface area contributed by atoms with Crippen LogP contribution in [0.25, 0.3) is 11.0 Å². The lowest BCUT2D eigenvalue weighted by Gasteiger charge is -2.28. The van der Waals surface area contributed by atoms with Crippen LogP contribution in [0.2, 0.25) is 0 Å². The van der Waals surface area contributed by atoms with Gasteiger partial charge in [0.15, 0.2) is 0 Å². The van der Waals surface area contributed by atoms with E-state index >= 15 is 0 Å². The van der Waals surface area contributed by atoms with Crippen LogP contribution in [0.15, 0.2) is 24.3 Å². The summed E-state index contributed by atoms with van der Waals surface area (Å²) in [5, 5.41) is 0. The van der Waals surface area contributed by atoms with Crippen LogP contribution in [0.1, 0.15) is 52.8 Å². The van der Waals surface area contributed by atoms with Gasteiger partial charge in [0.05, 0.1) is 11.0 Å². The van der Waals surface area contributed by atoms with Gasteiger partial charge in [-0.25, -0.2) is 4.98 Å². The van der Waals surface area contributed by atoms with Crippen molar-refractivity contribution in [1.82, 2.24) is 9.55 Å². The SMILES string of the molecule is CC(C)CC(CN)c1nc2ccccc2n1C(C)(C)C. The summed E-state index contributed by atoms with van der Waals surface area (Å²) in [5.41, 5.74) is 8.32. The fraction of sp³-hybridized carbons (Fsp3) is 0.588. The smallest absolute Gasteiger partial charge is 0.114 e. The van der Waals surface area contributed by atoms with Gasteiger partial charge in [0.25, 0.3) is 0 Å². The van der Waals surface area contributed by atoms with Gasteiger partial charge in [0, 0.05) is 18.0 Å². The maximum Gasteiger partial charge on any atom is 0.114 e. The lowest BCUT2D eigenvalue weighted by molar-refractivity contribution is 0.370. The van der Waals surface area contributed by atoms with Crippen molar-refractivity contribution in [2.45, 2.75) is 52.5 Å². The van der Waals surface area contributed by atoms with E-state index in [0.717, 1.165) is 17.8 Å². The molecule has 1 aromatic carbocycles. The quantitative estimate of drug-likeness (QED) is 0.918. The zero-order valence-electron chi connectivity index (χ0n) is 13.4. The highest BCUT2D eigenvalue weighted by molar-refractivity contribution is 5.76. The molecule has 1 atom stereocenters. The second kappa shape index (κ2) is 5.57. The van der Waals surface area contributed by atoms with Crippen LogP contribution in [-0.4, -0.2) is 16.1 Å². The molecule has 0 aliphatic rings. The number of imidazole rings is 1. The summed E-state index contributed by atoms with van der Waals surface area (Å²) in [5.74, 6) is 2.08. The number of rotatable bonds is 4. The van der Waals surface area contributed by atoms with Gasteiger partial charge in [-0.05, 0) is 45.2 Å². The molecule has 0 bridgehead atoms. The maximum atomic E-state index is 6.03. The molecule has 110 valence electrons. The highest BCUT2D eigenvalue weighted by Gasteiger charge is 2.26. The molecule has 0 saturated carbocycles. The monoisotopic (exact) mass is 273 g/mol.